The highest BCUT2D eigenvalue weighted by atomic mass is 32.1. The zero-order valence-electron chi connectivity index (χ0n) is 10.9. The summed E-state index contributed by atoms with van der Waals surface area (Å²) in [6.45, 7) is 1.87. The van der Waals surface area contributed by atoms with Gasteiger partial charge in [0.1, 0.15) is 11.6 Å². The van der Waals surface area contributed by atoms with Crippen molar-refractivity contribution >= 4 is 28.3 Å². The lowest BCUT2D eigenvalue weighted by molar-refractivity contribution is 0.0520. The van der Waals surface area contributed by atoms with E-state index in [-0.39, 0.29) is 23.0 Å². The van der Waals surface area contributed by atoms with E-state index in [1.807, 2.05) is 0 Å². The number of anilines is 1. The van der Waals surface area contributed by atoms with E-state index in [0.29, 0.717) is 6.07 Å². The molecule has 0 unspecified atom stereocenters. The first-order valence-electron chi connectivity index (χ1n) is 5.89. The maximum Gasteiger partial charge on any atom is 0.357 e. The van der Waals surface area contributed by atoms with Gasteiger partial charge >= 0.3 is 5.97 Å². The smallest absolute Gasteiger partial charge is 0.357 e. The number of esters is 1. The lowest BCUT2D eigenvalue weighted by Crippen LogP contribution is -2.13. The molecule has 0 atom stereocenters. The second-order valence-electron chi connectivity index (χ2n) is 3.87. The molecule has 0 saturated heterocycles. The van der Waals surface area contributed by atoms with Gasteiger partial charge < -0.3 is 4.74 Å². The Balaban J connectivity index is 2.11. The van der Waals surface area contributed by atoms with Gasteiger partial charge in [-0.15, -0.1) is 11.3 Å². The Labute approximate surface area is 122 Å². The average molecular weight is 312 g/mol. The zero-order valence-corrected chi connectivity index (χ0v) is 11.7. The Morgan fingerprint density at radius 1 is 1.29 bits per heavy atom. The Morgan fingerprint density at radius 2 is 1.95 bits per heavy atom. The summed E-state index contributed by atoms with van der Waals surface area (Å²) in [6, 6.07) is 2.47. The van der Waals surface area contributed by atoms with Crippen LogP contribution >= 0.6 is 11.3 Å². The summed E-state index contributed by atoms with van der Waals surface area (Å²) in [5.74, 6) is -3.04. The van der Waals surface area contributed by atoms with Gasteiger partial charge in [0.05, 0.1) is 6.61 Å². The number of ether oxygens (including phenoxy) is 1. The fourth-order valence-corrected chi connectivity index (χ4v) is 2.16. The molecular formula is C13H10F2N2O3S. The van der Waals surface area contributed by atoms with Crippen LogP contribution in [-0.4, -0.2) is 23.5 Å². The van der Waals surface area contributed by atoms with E-state index in [2.05, 4.69) is 10.3 Å². The van der Waals surface area contributed by atoms with E-state index in [9.17, 15) is 18.4 Å². The molecule has 0 fully saturated rings. The molecule has 1 heterocycles. The monoisotopic (exact) mass is 312 g/mol. The van der Waals surface area contributed by atoms with Gasteiger partial charge in [-0.05, 0) is 19.1 Å². The summed E-state index contributed by atoms with van der Waals surface area (Å²) < 4.78 is 30.8. The maximum atomic E-state index is 13.0. The minimum absolute atomic E-state index is 0.0579. The summed E-state index contributed by atoms with van der Waals surface area (Å²) in [5.41, 5.74) is -0.122. The Kier molecular flexibility index (Phi) is 4.59. The fraction of sp³-hybridized carbons (Fsp3) is 0.154. The molecule has 0 radical (unpaired) electrons. The molecule has 2 aromatic rings. The van der Waals surface area contributed by atoms with Crippen LogP contribution in [0.5, 0.6) is 0 Å². The summed E-state index contributed by atoms with van der Waals surface area (Å²) in [4.78, 5) is 27.1. The van der Waals surface area contributed by atoms with Crippen molar-refractivity contribution in [2.75, 3.05) is 11.9 Å². The Morgan fingerprint density at radius 3 is 2.57 bits per heavy atom. The van der Waals surface area contributed by atoms with Gasteiger partial charge in [0, 0.05) is 17.0 Å². The van der Waals surface area contributed by atoms with Gasteiger partial charge in [-0.3, -0.25) is 10.1 Å². The SMILES string of the molecule is CCOC(=O)c1csc(NC(=O)c2cc(F)cc(F)c2)n1. The number of nitrogens with zero attached hydrogens (tertiary/aromatic N) is 1. The van der Waals surface area contributed by atoms with Crippen molar-refractivity contribution in [1.82, 2.24) is 4.98 Å². The molecule has 1 amide bonds. The number of halogens is 2. The molecule has 21 heavy (non-hydrogen) atoms. The largest absolute Gasteiger partial charge is 0.461 e. The number of amides is 1. The van der Waals surface area contributed by atoms with Crippen LogP contribution in [0.3, 0.4) is 0 Å². The molecule has 0 spiro atoms. The van der Waals surface area contributed by atoms with E-state index >= 15 is 0 Å². The van der Waals surface area contributed by atoms with Crippen LogP contribution in [0, 0.1) is 11.6 Å². The second-order valence-corrected chi connectivity index (χ2v) is 4.73. The number of carbonyl (C=O) groups is 2. The normalized spacial score (nSPS) is 10.2. The molecule has 0 saturated carbocycles. The highest BCUT2D eigenvalue weighted by molar-refractivity contribution is 7.14. The maximum absolute atomic E-state index is 13.0. The minimum Gasteiger partial charge on any atom is -0.461 e. The average Bonchev–Trinajstić information content (AvgIpc) is 2.86. The first-order chi connectivity index (χ1) is 9.99. The predicted molar refractivity (Wildman–Crippen MR) is 72.4 cm³/mol. The number of benzene rings is 1. The molecule has 5 nitrogen and oxygen atoms in total. The molecule has 8 heteroatoms. The van der Waals surface area contributed by atoms with Crippen LogP contribution in [0.2, 0.25) is 0 Å². The molecule has 0 aliphatic rings. The van der Waals surface area contributed by atoms with Crippen LogP contribution < -0.4 is 5.32 Å². The minimum atomic E-state index is -0.855. The first-order valence-corrected chi connectivity index (χ1v) is 6.77. The number of rotatable bonds is 4. The Hall–Kier alpha value is -2.35. The van der Waals surface area contributed by atoms with E-state index < -0.39 is 23.5 Å². The number of nitrogens with one attached hydrogen (secondary N) is 1. The summed E-state index contributed by atoms with van der Waals surface area (Å²) >= 11 is 1.00. The van der Waals surface area contributed by atoms with E-state index in [1.165, 1.54) is 5.38 Å². The van der Waals surface area contributed by atoms with Gasteiger partial charge in [-0.25, -0.2) is 18.6 Å². The van der Waals surface area contributed by atoms with E-state index in [4.69, 9.17) is 4.74 Å². The summed E-state index contributed by atoms with van der Waals surface area (Å²) in [7, 11) is 0. The van der Waals surface area contributed by atoms with Crippen LogP contribution in [-0.2, 0) is 4.74 Å². The third-order valence-corrected chi connectivity index (χ3v) is 3.09. The standard InChI is InChI=1S/C13H10F2N2O3S/c1-2-20-12(19)10-6-21-13(16-10)17-11(18)7-3-8(14)5-9(15)4-7/h3-6H,2H2,1H3,(H,16,17,18). The Bertz CT molecular complexity index is 668. The molecule has 1 aromatic heterocycles. The van der Waals surface area contributed by atoms with E-state index in [0.717, 1.165) is 23.5 Å². The second kappa shape index (κ2) is 6.40. The predicted octanol–water partition coefficient (Wildman–Crippen LogP) is 2.85. The van der Waals surface area contributed by atoms with Gasteiger partial charge in [-0.2, -0.15) is 0 Å². The molecular weight excluding hydrogens is 302 g/mol. The number of aromatic nitrogens is 1. The fourth-order valence-electron chi connectivity index (χ4n) is 1.48. The zero-order chi connectivity index (χ0) is 15.4. The van der Waals surface area contributed by atoms with Crippen molar-refractivity contribution in [3.63, 3.8) is 0 Å². The third-order valence-electron chi connectivity index (χ3n) is 2.33. The molecule has 0 aliphatic heterocycles. The lowest BCUT2D eigenvalue weighted by Gasteiger charge is -2.02. The molecule has 1 N–H and O–H groups in total. The van der Waals surface area contributed by atoms with Gasteiger partial charge in [-0.1, -0.05) is 0 Å². The highest BCUT2D eigenvalue weighted by Crippen LogP contribution is 2.18. The van der Waals surface area contributed by atoms with E-state index in [1.54, 1.807) is 6.92 Å². The van der Waals surface area contributed by atoms with Crippen molar-refractivity contribution in [1.29, 1.82) is 0 Å². The summed E-state index contributed by atoms with van der Waals surface area (Å²) in [5, 5.41) is 3.91. The van der Waals surface area contributed by atoms with Crippen molar-refractivity contribution in [2.24, 2.45) is 0 Å². The van der Waals surface area contributed by atoms with Crippen molar-refractivity contribution in [2.45, 2.75) is 6.92 Å². The molecule has 1 aromatic carbocycles. The van der Waals surface area contributed by atoms with Crippen molar-refractivity contribution in [3.8, 4) is 0 Å². The van der Waals surface area contributed by atoms with Crippen LogP contribution in [0.15, 0.2) is 23.6 Å². The molecule has 0 bridgehead atoms. The van der Waals surface area contributed by atoms with Crippen LogP contribution in [0.4, 0.5) is 13.9 Å². The molecule has 110 valence electrons. The van der Waals surface area contributed by atoms with Crippen LogP contribution in [0.1, 0.15) is 27.8 Å². The number of hydrogen-bond acceptors (Lipinski definition) is 5. The summed E-state index contributed by atoms with van der Waals surface area (Å²) in [6.07, 6.45) is 0. The van der Waals surface area contributed by atoms with Gasteiger partial charge in [0.25, 0.3) is 5.91 Å². The molecule has 2 rings (SSSR count). The van der Waals surface area contributed by atoms with Gasteiger partial charge in [0.2, 0.25) is 0 Å². The lowest BCUT2D eigenvalue weighted by atomic mass is 10.2. The quantitative estimate of drug-likeness (QED) is 0.882. The van der Waals surface area contributed by atoms with Crippen molar-refractivity contribution < 1.29 is 23.1 Å². The number of hydrogen-bond donors (Lipinski definition) is 1. The third kappa shape index (κ3) is 3.82. The topological polar surface area (TPSA) is 68.3 Å². The highest BCUT2D eigenvalue weighted by Gasteiger charge is 2.15. The van der Waals surface area contributed by atoms with Crippen molar-refractivity contribution in [3.05, 3.63) is 46.5 Å². The number of carbonyl (C=O) groups excluding carboxylic acids is 2. The molecule has 0 aliphatic carbocycles. The van der Waals surface area contributed by atoms with Gasteiger partial charge in [0.15, 0.2) is 10.8 Å². The number of thiazole rings is 1. The first kappa shape index (κ1) is 15.0. The van der Waals surface area contributed by atoms with Crippen LogP contribution in [0.25, 0.3) is 0 Å².